The van der Waals surface area contributed by atoms with Gasteiger partial charge in [-0.2, -0.15) is 0 Å². The van der Waals surface area contributed by atoms with E-state index in [0.29, 0.717) is 21.4 Å². The maximum Gasteiger partial charge on any atom is 0.264 e. The summed E-state index contributed by atoms with van der Waals surface area (Å²) in [5, 5.41) is 3.75. The highest BCUT2D eigenvalue weighted by molar-refractivity contribution is 7.92. The molecule has 0 bridgehead atoms. The molecule has 0 radical (unpaired) electrons. The third-order valence-electron chi connectivity index (χ3n) is 6.23. The molecule has 0 unspecified atom stereocenters. The zero-order chi connectivity index (χ0) is 30.3. The summed E-state index contributed by atoms with van der Waals surface area (Å²) in [6.45, 7) is 4.64. The molecule has 1 atom stereocenters. The number of hydrogen-bond donors (Lipinski definition) is 1. The van der Waals surface area contributed by atoms with Crippen LogP contribution in [0, 0.1) is 0 Å². The second-order valence-corrected chi connectivity index (χ2v) is 12.6. The van der Waals surface area contributed by atoms with E-state index in [9.17, 15) is 18.0 Å². The molecule has 8 nitrogen and oxygen atoms in total. The van der Waals surface area contributed by atoms with Crippen molar-refractivity contribution < 1.29 is 22.7 Å². The van der Waals surface area contributed by atoms with E-state index in [-0.39, 0.29) is 40.5 Å². The Hall–Kier alpha value is -2.98. The molecule has 0 spiro atoms. The number of sulfonamides is 1. The van der Waals surface area contributed by atoms with Crippen LogP contribution in [0.15, 0.2) is 71.6 Å². The quantitative estimate of drug-likeness (QED) is 0.255. The minimum atomic E-state index is -4.27. The fourth-order valence-corrected chi connectivity index (χ4v) is 6.30. The lowest BCUT2D eigenvalue weighted by Gasteiger charge is -2.34. The van der Waals surface area contributed by atoms with Crippen molar-refractivity contribution in [3.05, 3.63) is 87.4 Å². The van der Waals surface area contributed by atoms with Crippen LogP contribution in [0.4, 0.5) is 5.69 Å². The smallest absolute Gasteiger partial charge is 0.264 e. The molecule has 220 valence electrons. The molecule has 0 saturated heterocycles. The van der Waals surface area contributed by atoms with Crippen LogP contribution in [0.3, 0.4) is 0 Å². The molecule has 0 fully saturated rings. The van der Waals surface area contributed by atoms with Crippen LogP contribution >= 0.6 is 34.8 Å². The first-order valence-corrected chi connectivity index (χ1v) is 15.4. The summed E-state index contributed by atoms with van der Waals surface area (Å²) >= 11 is 19.1. The van der Waals surface area contributed by atoms with Crippen molar-refractivity contribution in [3.63, 3.8) is 0 Å². The molecule has 12 heteroatoms. The molecule has 0 saturated carbocycles. The van der Waals surface area contributed by atoms with E-state index in [4.69, 9.17) is 39.5 Å². The van der Waals surface area contributed by atoms with Gasteiger partial charge in [-0.15, -0.1) is 0 Å². The SMILES string of the molecule is CC[C@@H](C(=O)NC(C)C)N(Cc1c(Cl)cccc1Cl)C(=O)CN(c1cccc(Cl)c1)S(=O)(=O)c1ccc(OC)cc1. The van der Waals surface area contributed by atoms with Crippen molar-refractivity contribution in [3.8, 4) is 5.75 Å². The van der Waals surface area contributed by atoms with Crippen molar-refractivity contribution in [1.29, 1.82) is 0 Å². The number of benzene rings is 3. The van der Waals surface area contributed by atoms with Crippen LogP contribution in [0.25, 0.3) is 0 Å². The zero-order valence-electron chi connectivity index (χ0n) is 23.1. The molecule has 1 N–H and O–H groups in total. The Morgan fingerprint density at radius 2 is 1.56 bits per heavy atom. The number of methoxy groups -OCH3 is 1. The Morgan fingerprint density at radius 3 is 2.10 bits per heavy atom. The predicted molar refractivity (Wildman–Crippen MR) is 163 cm³/mol. The largest absolute Gasteiger partial charge is 0.497 e. The Labute approximate surface area is 256 Å². The van der Waals surface area contributed by atoms with Gasteiger partial charge >= 0.3 is 0 Å². The van der Waals surface area contributed by atoms with Crippen LogP contribution < -0.4 is 14.4 Å². The minimum Gasteiger partial charge on any atom is -0.497 e. The normalized spacial score (nSPS) is 12.1. The van der Waals surface area contributed by atoms with Gasteiger partial charge in [-0.3, -0.25) is 13.9 Å². The van der Waals surface area contributed by atoms with E-state index >= 15 is 0 Å². The second-order valence-electron chi connectivity index (χ2n) is 9.48. The molecule has 0 aliphatic heterocycles. The molecule has 3 aromatic carbocycles. The van der Waals surface area contributed by atoms with E-state index in [2.05, 4.69) is 5.32 Å². The lowest BCUT2D eigenvalue weighted by molar-refractivity contribution is -0.140. The van der Waals surface area contributed by atoms with Crippen molar-refractivity contribution in [1.82, 2.24) is 10.2 Å². The average molecular weight is 641 g/mol. The van der Waals surface area contributed by atoms with Gasteiger partial charge in [-0.1, -0.05) is 53.9 Å². The summed E-state index contributed by atoms with van der Waals surface area (Å²) < 4.78 is 34.0. The van der Waals surface area contributed by atoms with E-state index in [0.717, 1.165) is 4.31 Å². The lowest BCUT2D eigenvalue weighted by Crippen LogP contribution is -2.53. The summed E-state index contributed by atoms with van der Waals surface area (Å²) in [6.07, 6.45) is 0.259. The number of halogens is 3. The third-order valence-corrected chi connectivity index (χ3v) is 8.96. The van der Waals surface area contributed by atoms with Crippen LogP contribution in [-0.4, -0.2) is 50.9 Å². The van der Waals surface area contributed by atoms with Crippen molar-refractivity contribution >= 4 is 62.3 Å². The fraction of sp³-hybridized carbons (Fsp3) is 0.310. The Bertz CT molecular complexity index is 1460. The summed E-state index contributed by atoms with van der Waals surface area (Å²) in [6, 6.07) is 15.8. The second kappa shape index (κ2) is 14.3. The maximum absolute atomic E-state index is 14.1. The molecular weight excluding hydrogens is 609 g/mol. The molecule has 0 heterocycles. The van der Waals surface area contributed by atoms with Crippen LogP contribution in [0.1, 0.15) is 32.8 Å². The van der Waals surface area contributed by atoms with E-state index in [1.807, 2.05) is 13.8 Å². The molecule has 3 aromatic rings. The van der Waals surface area contributed by atoms with E-state index < -0.39 is 28.5 Å². The highest BCUT2D eigenvalue weighted by atomic mass is 35.5. The van der Waals surface area contributed by atoms with Gasteiger partial charge in [-0.05, 0) is 74.9 Å². The lowest BCUT2D eigenvalue weighted by atomic mass is 10.1. The highest BCUT2D eigenvalue weighted by Gasteiger charge is 2.34. The Kier molecular flexibility index (Phi) is 11.3. The number of carbonyl (C=O) groups is 2. The fourth-order valence-electron chi connectivity index (χ4n) is 4.19. The Balaban J connectivity index is 2.11. The average Bonchev–Trinajstić information content (AvgIpc) is 2.92. The van der Waals surface area contributed by atoms with Gasteiger partial charge in [-0.25, -0.2) is 8.42 Å². The molecular formula is C29H32Cl3N3O5S. The number of nitrogens with one attached hydrogen (secondary N) is 1. The number of ether oxygens (including phenoxy) is 1. The van der Waals surface area contributed by atoms with E-state index in [1.54, 1.807) is 37.3 Å². The van der Waals surface area contributed by atoms with Gasteiger partial charge in [0.15, 0.2) is 0 Å². The van der Waals surface area contributed by atoms with Gasteiger partial charge in [0.25, 0.3) is 10.0 Å². The predicted octanol–water partition coefficient (Wildman–Crippen LogP) is 6.18. The number of nitrogens with zero attached hydrogens (tertiary/aromatic N) is 2. The number of amides is 2. The Morgan fingerprint density at radius 1 is 0.951 bits per heavy atom. The summed E-state index contributed by atoms with van der Waals surface area (Å²) in [5.41, 5.74) is 0.615. The monoisotopic (exact) mass is 639 g/mol. The number of rotatable bonds is 12. The van der Waals surface area contributed by atoms with Gasteiger partial charge in [0.05, 0.1) is 17.7 Å². The molecule has 0 aliphatic rings. The summed E-state index contributed by atoms with van der Waals surface area (Å²) in [7, 11) is -2.79. The van der Waals surface area contributed by atoms with Crippen LogP contribution in [-0.2, 0) is 26.2 Å². The minimum absolute atomic E-state index is 0.0589. The van der Waals surface area contributed by atoms with Crippen molar-refractivity contribution in [2.75, 3.05) is 18.0 Å². The number of hydrogen-bond acceptors (Lipinski definition) is 5. The first-order valence-electron chi connectivity index (χ1n) is 12.8. The van der Waals surface area contributed by atoms with Gasteiger partial charge < -0.3 is 15.0 Å². The summed E-state index contributed by atoms with van der Waals surface area (Å²) in [5.74, 6) is -0.547. The van der Waals surface area contributed by atoms with Crippen molar-refractivity contribution in [2.24, 2.45) is 0 Å². The molecule has 2 amide bonds. The third kappa shape index (κ3) is 8.07. The molecule has 3 rings (SSSR count). The van der Waals surface area contributed by atoms with Crippen LogP contribution in [0.2, 0.25) is 15.1 Å². The van der Waals surface area contributed by atoms with Gasteiger partial charge in [0.2, 0.25) is 11.8 Å². The molecule has 41 heavy (non-hydrogen) atoms. The maximum atomic E-state index is 14.1. The first kappa shape index (κ1) is 32.5. The van der Waals surface area contributed by atoms with Crippen molar-refractivity contribution in [2.45, 2.75) is 50.7 Å². The topological polar surface area (TPSA) is 96.0 Å². The van der Waals surface area contributed by atoms with E-state index in [1.165, 1.54) is 48.4 Å². The van der Waals surface area contributed by atoms with Gasteiger partial charge in [0.1, 0.15) is 18.3 Å². The van der Waals surface area contributed by atoms with Crippen LogP contribution in [0.5, 0.6) is 5.75 Å². The van der Waals surface area contributed by atoms with Gasteiger partial charge in [0, 0.05) is 33.2 Å². The molecule has 0 aliphatic carbocycles. The summed E-state index contributed by atoms with van der Waals surface area (Å²) in [4.78, 5) is 28.6. The highest BCUT2D eigenvalue weighted by Crippen LogP contribution is 2.30. The standard InChI is InChI=1S/C29H32Cl3N3O5S/c1-5-27(29(37)33-19(2)3)34(17-24-25(31)10-7-11-26(24)32)28(36)18-35(21-9-6-8-20(30)16-21)41(38,39)23-14-12-22(40-4)13-15-23/h6-16,19,27H,5,17-18H2,1-4H3,(H,33,37)/t27-/m0/s1. The number of anilines is 1. The first-order chi connectivity index (χ1) is 19.4. The molecule has 0 aromatic heterocycles. The number of carbonyl (C=O) groups excluding carboxylic acids is 2. The zero-order valence-corrected chi connectivity index (χ0v) is 26.2.